The number of carbonyl (C=O) groups is 4. The summed E-state index contributed by atoms with van der Waals surface area (Å²) >= 11 is 0. The molecule has 7 heteroatoms. The average molecular weight is 362 g/mol. The van der Waals surface area contributed by atoms with E-state index in [4.69, 9.17) is 14.2 Å². The molecule has 3 rings (SSSR count). The maximum absolute atomic E-state index is 12.6. The topological polar surface area (TPSA) is 96.0 Å². The highest BCUT2D eigenvalue weighted by Crippen LogP contribution is 2.67. The summed E-state index contributed by atoms with van der Waals surface area (Å²) in [7, 11) is 0. The highest BCUT2D eigenvalue weighted by atomic mass is 16.7. The Morgan fingerprint density at radius 3 is 2.50 bits per heavy atom. The van der Waals surface area contributed by atoms with E-state index in [9.17, 15) is 19.2 Å². The molecule has 2 aliphatic carbocycles. The Balaban J connectivity index is 2.05. The summed E-state index contributed by atoms with van der Waals surface area (Å²) in [6.45, 7) is 6.56. The second-order valence-electron chi connectivity index (χ2n) is 7.63. The van der Waals surface area contributed by atoms with Crippen molar-refractivity contribution in [3.8, 4) is 0 Å². The molecule has 0 unspecified atom stereocenters. The number of carbonyl (C=O) groups excluding carboxylic acids is 4. The van der Waals surface area contributed by atoms with Crippen LogP contribution in [0, 0.1) is 29.1 Å². The molecular weight excluding hydrogens is 340 g/mol. The van der Waals surface area contributed by atoms with Gasteiger partial charge in [-0.2, -0.15) is 0 Å². The molecule has 0 spiro atoms. The number of aldehydes is 1. The number of allylic oxidation sites excluding steroid dienone is 1. The van der Waals surface area contributed by atoms with Gasteiger partial charge in [0.25, 0.3) is 6.29 Å². The third kappa shape index (κ3) is 2.95. The standard InChI is InChI=1S/C19H22O7/c1-9(21)24-7-12-8-25-18(26-10(2)22)15-11(6-20)5-13(23)16-17(14(12)15)19(16,3)4/h5-6,8,14-18H,7H2,1-4H3/t14-,15-,16-,17-,18+/m0/s1. The lowest BCUT2D eigenvalue weighted by Crippen LogP contribution is -2.41. The first-order valence-electron chi connectivity index (χ1n) is 8.54. The van der Waals surface area contributed by atoms with Gasteiger partial charge < -0.3 is 14.2 Å². The molecule has 1 saturated carbocycles. The largest absolute Gasteiger partial charge is 0.462 e. The van der Waals surface area contributed by atoms with Gasteiger partial charge in [-0.1, -0.05) is 13.8 Å². The monoisotopic (exact) mass is 362 g/mol. The summed E-state index contributed by atoms with van der Waals surface area (Å²) in [5.74, 6) is -2.29. The van der Waals surface area contributed by atoms with Crippen LogP contribution in [-0.4, -0.2) is 36.9 Å². The zero-order chi connectivity index (χ0) is 19.2. The molecule has 0 saturated heterocycles. The zero-order valence-corrected chi connectivity index (χ0v) is 15.2. The van der Waals surface area contributed by atoms with E-state index in [1.807, 2.05) is 13.8 Å². The summed E-state index contributed by atoms with van der Waals surface area (Å²) in [6, 6.07) is 0. The Labute approximate surface area is 151 Å². The van der Waals surface area contributed by atoms with E-state index in [0.717, 1.165) is 0 Å². The Hall–Kier alpha value is -2.44. The van der Waals surface area contributed by atoms with Crippen LogP contribution < -0.4 is 0 Å². The lowest BCUT2D eigenvalue weighted by atomic mass is 9.75. The van der Waals surface area contributed by atoms with Gasteiger partial charge in [0.1, 0.15) is 12.9 Å². The Kier molecular flexibility index (Phi) is 4.50. The minimum atomic E-state index is -1.00. The van der Waals surface area contributed by atoms with Crippen molar-refractivity contribution in [2.24, 2.45) is 29.1 Å². The van der Waals surface area contributed by atoms with Crippen molar-refractivity contribution in [2.75, 3.05) is 6.61 Å². The minimum absolute atomic E-state index is 0.00290. The molecule has 0 N–H and O–H groups in total. The van der Waals surface area contributed by atoms with E-state index in [-0.39, 0.29) is 41.1 Å². The molecule has 140 valence electrons. The average Bonchev–Trinajstić information content (AvgIpc) is 3.15. The van der Waals surface area contributed by atoms with Gasteiger partial charge in [0, 0.05) is 36.8 Å². The van der Waals surface area contributed by atoms with Crippen molar-refractivity contribution in [2.45, 2.75) is 34.0 Å². The molecule has 0 amide bonds. The van der Waals surface area contributed by atoms with Crippen LogP contribution in [0.15, 0.2) is 23.5 Å². The first-order chi connectivity index (χ1) is 12.2. The van der Waals surface area contributed by atoms with E-state index in [0.29, 0.717) is 11.9 Å². The van der Waals surface area contributed by atoms with Gasteiger partial charge >= 0.3 is 11.9 Å². The molecule has 3 aliphatic rings. The molecule has 1 fully saturated rings. The van der Waals surface area contributed by atoms with Crippen molar-refractivity contribution in [3.05, 3.63) is 23.5 Å². The van der Waals surface area contributed by atoms with Crippen molar-refractivity contribution >= 4 is 24.0 Å². The smallest absolute Gasteiger partial charge is 0.305 e. The molecule has 0 radical (unpaired) electrons. The number of esters is 2. The fourth-order valence-electron chi connectivity index (χ4n) is 4.47. The van der Waals surface area contributed by atoms with E-state index in [1.165, 1.54) is 26.2 Å². The van der Waals surface area contributed by atoms with Gasteiger partial charge in [-0.15, -0.1) is 0 Å². The van der Waals surface area contributed by atoms with Crippen molar-refractivity contribution in [1.82, 2.24) is 0 Å². The normalized spacial score (nSPS) is 34.0. The van der Waals surface area contributed by atoms with Crippen molar-refractivity contribution < 1.29 is 33.4 Å². The van der Waals surface area contributed by atoms with Gasteiger partial charge in [0.15, 0.2) is 5.78 Å². The number of fused-ring (bicyclic) bond motifs is 3. The van der Waals surface area contributed by atoms with Gasteiger partial charge in [-0.05, 0) is 17.4 Å². The molecule has 26 heavy (non-hydrogen) atoms. The summed E-state index contributed by atoms with van der Waals surface area (Å²) in [5, 5.41) is 0. The van der Waals surface area contributed by atoms with E-state index >= 15 is 0 Å². The Morgan fingerprint density at radius 1 is 1.23 bits per heavy atom. The number of rotatable bonds is 4. The van der Waals surface area contributed by atoms with Gasteiger partial charge in [-0.25, -0.2) is 0 Å². The lowest BCUT2D eigenvalue weighted by molar-refractivity contribution is -0.181. The summed E-state index contributed by atoms with van der Waals surface area (Å²) in [4.78, 5) is 47.0. The molecule has 1 aliphatic heterocycles. The second-order valence-corrected chi connectivity index (χ2v) is 7.63. The van der Waals surface area contributed by atoms with Crippen LogP contribution in [0.4, 0.5) is 0 Å². The lowest BCUT2D eigenvalue weighted by Gasteiger charge is -2.38. The van der Waals surface area contributed by atoms with E-state index in [2.05, 4.69) is 0 Å². The number of hydrogen-bond donors (Lipinski definition) is 0. The van der Waals surface area contributed by atoms with Crippen LogP contribution in [-0.2, 0) is 33.4 Å². The van der Waals surface area contributed by atoms with Crippen LogP contribution in [0.2, 0.25) is 0 Å². The van der Waals surface area contributed by atoms with Crippen LogP contribution in [0.25, 0.3) is 0 Å². The first-order valence-corrected chi connectivity index (χ1v) is 8.54. The Morgan fingerprint density at radius 2 is 1.92 bits per heavy atom. The number of ether oxygens (including phenoxy) is 3. The van der Waals surface area contributed by atoms with Gasteiger partial charge in [0.2, 0.25) is 0 Å². The minimum Gasteiger partial charge on any atom is -0.462 e. The predicted molar refractivity (Wildman–Crippen MR) is 88.3 cm³/mol. The molecule has 7 nitrogen and oxygen atoms in total. The van der Waals surface area contributed by atoms with Crippen LogP contribution in [0.1, 0.15) is 27.7 Å². The summed E-state index contributed by atoms with van der Waals surface area (Å²) in [5.41, 5.74) is 0.650. The second kappa shape index (κ2) is 6.37. The fourth-order valence-corrected chi connectivity index (χ4v) is 4.47. The highest BCUT2D eigenvalue weighted by molar-refractivity contribution is 6.00. The van der Waals surface area contributed by atoms with Crippen molar-refractivity contribution in [3.63, 3.8) is 0 Å². The van der Waals surface area contributed by atoms with Gasteiger partial charge in [0.05, 0.1) is 12.2 Å². The van der Waals surface area contributed by atoms with Crippen LogP contribution in [0.3, 0.4) is 0 Å². The maximum atomic E-state index is 12.6. The predicted octanol–water partition coefficient (Wildman–Crippen LogP) is 1.57. The maximum Gasteiger partial charge on any atom is 0.305 e. The summed E-state index contributed by atoms with van der Waals surface area (Å²) < 4.78 is 16.0. The molecular formula is C19H22O7. The zero-order valence-electron chi connectivity index (χ0n) is 15.2. The molecule has 5 atom stereocenters. The number of ketones is 1. The van der Waals surface area contributed by atoms with Crippen molar-refractivity contribution in [1.29, 1.82) is 0 Å². The number of hydrogen-bond acceptors (Lipinski definition) is 7. The van der Waals surface area contributed by atoms with Gasteiger partial charge in [-0.3, -0.25) is 19.2 Å². The molecule has 1 heterocycles. The molecule has 0 aromatic heterocycles. The first kappa shape index (κ1) is 18.4. The quantitative estimate of drug-likeness (QED) is 0.553. The van der Waals surface area contributed by atoms with Crippen LogP contribution >= 0.6 is 0 Å². The third-order valence-corrected chi connectivity index (χ3v) is 5.62. The highest BCUT2D eigenvalue weighted by Gasteiger charge is 2.68. The Bertz CT molecular complexity index is 730. The summed E-state index contributed by atoms with van der Waals surface area (Å²) in [6.07, 6.45) is 2.39. The third-order valence-electron chi connectivity index (χ3n) is 5.62. The molecule has 0 aromatic carbocycles. The van der Waals surface area contributed by atoms with E-state index in [1.54, 1.807) is 0 Å². The SMILES string of the molecule is CC(=O)OCC1=CO[C@H](OC(C)=O)[C@H]2C(C=O)=CC(=O)[C@H]3[C@H]([C@@H]12)C3(C)C. The molecule has 0 bridgehead atoms. The van der Waals surface area contributed by atoms with Crippen LogP contribution in [0.5, 0.6) is 0 Å². The molecule has 0 aromatic rings. The van der Waals surface area contributed by atoms with E-state index < -0.39 is 24.1 Å². The fraction of sp³-hybridized carbons (Fsp3) is 0.579.